The minimum atomic E-state index is -0.164. The van der Waals surface area contributed by atoms with Crippen molar-refractivity contribution in [1.29, 1.82) is 0 Å². The molecule has 9 heteroatoms. The van der Waals surface area contributed by atoms with Crippen LogP contribution in [0, 0.1) is 0 Å². The van der Waals surface area contributed by atoms with Crippen molar-refractivity contribution in [2.24, 2.45) is 0 Å². The number of aromatic nitrogens is 2. The number of rotatable bonds is 9. The summed E-state index contributed by atoms with van der Waals surface area (Å²) in [6, 6.07) is 13.0. The third-order valence-electron chi connectivity index (χ3n) is 4.70. The van der Waals surface area contributed by atoms with Crippen molar-refractivity contribution < 1.29 is 14.3 Å². The second-order valence-corrected chi connectivity index (χ2v) is 6.76. The Kier molecular flexibility index (Phi) is 7.10. The number of anilines is 3. The van der Waals surface area contributed by atoms with E-state index >= 15 is 0 Å². The van der Waals surface area contributed by atoms with Crippen LogP contribution in [0.3, 0.4) is 0 Å². The highest BCUT2D eigenvalue weighted by Crippen LogP contribution is 2.27. The molecule has 0 bridgehead atoms. The summed E-state index contributed by atoms with van der Waals surface area (Å²) in [6.07, 6.45) is 2.32. The molecule has 1 amide bonds. The highest BCUT2D eigenvalue weighted by atomic mass is 16.5. The summed E-state index contributed by atoms with van der Waals surface area (Å²) < 4.78 is 10.4. The van der Waals surface area contributed by atoms with Crippen LogP contribution in [0.4, 0.5) is 17.5 Å². The van der Waals surface area contributed by atoms with Crippen molar-refractivity contribution >= 4 is 23.4 Å². The Morgan fingerprint density at radius 2 is 1.77 bits per heavy atom. The van der Waals surface area contributed by atoms with Crippen molar-refractivity contribution in [3.63, 3.8) is 0 Å². The number of benzene rings is 2. The highest BCUT2D eigenvalue weighted by Gasteiger charge is 2.10. The van der Waals surface area contributed by atoms with Gasteiger partial charge in [0, 0.05) is 36.1 Å². The third kappa shape index (κ3) is 5.75. The number of ether oxygens (including phenoxy) is 2. The van der Waals surface area contributed by atoms with E-state index in [2.05, 4.69) is 20.6 Å². The summed E-state index contributed by atoms with van der Waals surface area (Å²) in [5, 5.41) is 6.19. The number of nitrogens with two attached hydrogens (primary N) is 2. The van der Waals surface area contributed by atoms with E-state index in [1.807, 2.05) is 24.3 Å². The molecule has 0 saturated carbocycles. The van der Waals surface area contributed by atoms with Crippen LogP contribution in [0.5, 0.6) is 11.5 Å². The summed E-state index contributed by atoms with van der Waals surface area (Å²) in [5.41, 5.74) is 14.7. The van der Waals surface area contributed by atoms with Crippen LogP contribution < -0.4 is 31.6 Å². The number of amides is 1. The van der Waals surface area contributed by atoms with Crippen molar-refractivity contribution in [3.05, 3.63) is 65.4 Å². The molecule has 162 valence electrons. The molecule has 3 aromatic rings. The Morgan fingerprint density at radius 3 is 2.45 bits per heavy atom. The smallest absolute Gasteiger partial charge is 0.251 e. The maximum Gasteiger partial charge on any atom is 0.251 e. The Labute approximate surface area is 180 Å². The van der Waals surface area contributed by atoms with Crippen LogP contribution >= 0.6 is 0 Å². The van der Waals surface area contributed by atoms with Crippen LogP contribution in [0.1, 0.15) is 21.5 Å². The zero-order valence-corrected chi connectivity index (χ0v) is 17.5. The molecule has 2 aromatic carbocycles. The molecule has 0 aliphatic carbocycles. The van der Waals surface area contributed by atoms with Crippen LogP contribution in [0.25, 0.3) is 0 Å². The lowest BCUT2D eigenvalue weighted by atomic mass is 10.1. The van der Waals surface area contributed by atoms with E-state index in [4.69, 9.17) is 20.9 Å². The van der Waals surface area contributed by atoms with Crippen LogP contribution in [-0.4, -0.2) is 36.6 Å². The third-order valence-corrected chi connectivity index (χ3v) is 4.70. The van der Waals surface area contributed by atoms with Gasteiger partial charge < -0.3 is 31.6 Å². The summed E-state index contributed by atoms with van der Waals surface area (Å²) in [4.78, 5) is 20.3. The van der Waals surface area contributed by atoms with Crippen LogP contribution in [0.15, 0.2) is 48.7 Å². The minimum absolute atomic E-state index is 0.156. The van der Waals surface area contributed by atoms with Crippen molar-refractivity contribution in [2.45, 2.75) is 13.0 Å². The van der Waals surface area contributed by atoms with Gasteiger partial charge in [0.1, 0.15) is 5.82 Å². The number of nitrogen functional groups attached to an aromatic ring is 2. The molecule has 1 heterocycles. The lowest BCUT2D eigenvalue weighted by Crippen LogP contribution is -2.25. The predicted octanol–water partition coefficient (Wildman–Crippen LogP) is 2.24. The van der Waals surface area contributed by atoms with E-state index in [-0.39, 0.29) is 11.9 Å². The first kappa shape index (κ1) is 21.7. The number of carbonyl (C=O) groups is 1. The van der Waals surface area contributed by atoms with Gasteiger partial charge in [0.05, 0.1) is 14.2 Å². The average molecular weight is 422 g/mol. The predicted molar refractivity (Wildman–Crippen MR) is 120 cm³/mol. The summed E-state index contributed by atoms with van der Waals surface area (Å²) in [7, 11) is 3.09. The van der Waals surface area contributed by atoms with Gasteiger partial charge in [-0.05, 0) is 42.3 Å². The Morgan fingerprint density at radius 1 is 1.03 bits per heavy atom. The van der Waals surface area contributed by atoms with E-state index in [0.29, 0.717) is 42.4 Å². The van der Waals surface area contributed by atoms with Gasteiger partial charge in [-0.1, -0.05) is 12.1 Å². The Hall–Kier alpha value is -4.01. The zero-order chi connectivity index (χ0) is 22.2. The van der Waals surface area contributed by atoms with Gasteiger partial charge in [0.2, 0.25) is 5.95 Å². The topological polar surface area (TPSA) is 137 Å². The first-order chi connectivity index (χ1) is 15.0. The summed E-state index contributed by atoms with van der Waals surface area (Å²) in [6.45, 7) is 1.01. The fraction of sp³-hybridized carbons (Fsp3) is 0.227. The molecule has 31 heavy (non-hydrogen) atoms. The van der Waals surface area contributed by atoms with Gasteiger partial charge in [-0.25, -0.2) is 4.98 Å². The van der Waals surface area contributed by atoms with Gasteiger partial charge in [0.25, 0.3) is 5.91 Å². The highest BCUT2D eigenvalue weighted by molar-refractivity contribution is 5.94. The molecule has 0 aliphatic rings. The van der Waals surface area contributed by atoms with Gasteiger partial charge in [-0.3, -0.25) is 4.79 Å². The van der Waals surface area contributed by atoms with Gasteiger partial charge in [-0.15, -0.1) is 0 Å². The molecule has 0 spiro atoms. The molecule has 0 radical (unpaired) electrons. The number of nitrogens with zero attached hydrogens (tertiary/aromatic N) is 2. The standard InChI is InChI=1S/C22H26N6O3/c1-30-18-8-5-15(11-19(18)31-2)21(29)25-10-9-14-3-6-17(7-4-14)26-12-16-13-27-22(24)28-20(16)23/h3-8,11,13,26H,9-10,12H2,1-2H3,(H,25,29)(H4,23,24,27,28). The molecular weight excluding hydrogens is 396 g/mol. The number of carbonyl (C=O) groups excluding carboxylic acids is 1. The number of methoxy groups -OCH3 is 2. The van der Waals surface area contributed by atoms with E-state index in [1.165, 1.54) is 7.11 Å². The monoisotopic (exact) mass is 422 g/mol. The molecule has 0 saturated heterocycles. The molecule has 1 aromatic heterocycles. The first-order valence-corrected chi connectivity index (χ1v) is 9.70. The first-order valence-electron chi connectivity index (χ1n) is 9.70. The SMILES string of the molecule is COc1ccc(C(=O)NCCc2ccc(NCc3cnc(N)nc3N)cc2)cc1OC. The molecular formula is C22H26N6O3. The molecule has 6 N–H and O–H groups in total. The van der Waals surface area contributed by atoms with Gasteiger partial charge in [-0.2, -0.15) is 4.98 Å². The van der Waals surface area contributed by atoms with Crippen molar-refractivity contribution in [3.8, 4) is 11.5 Å². The number of hydrogen-bond acceptors (Lipinski definition) is 8. The largest absolute Gasteiger partial charge is 0.493 e. The fourth-order valence-electron chi connectivity index (χ4n) is 2.96. The quantitative estimate of drug-likeness (QED) is 0.412. The molecule has 0 atom stereocenters. The van der Waals surface area contributed by atoms with E-state index < -0.39 is 0 Å². The second-order valence-electron chi connectivity index (χ2n) is 6.76. The zero-order valence-electron chi connectivity index (χ0n) is 17.5. The van der Waals surface area contributed by atoms with E-state index in [9.17, 15) is 4.79 Å². The van der Waals surface area contributed by atoms with Gasteiger partial charge in [0.15, 0.2) is 11.5 Å². The number of nitrogens with one attached hydrogen (secondary N) is 2. The lowest BCUT2D eigenvalue weighted by Gasteiger charge is -2.11. The number of hydrogen-bond donors (Lipinski definition) is 4. The molecule has 9 nitrogen and oxygen atoms in total. The van der Waals surface area contributed by atoms with Crippen LogP contribution in [0.2, 0.25) is 0 Å². The van der Waals surface area contributed by atoms with Crippen molar-refractivity contribution in [2.75, 3.05) is 37.5 Å². The molecule has 0 unspecified atom stereocenters. The van der Waals surface area contributed by atoms with E-state index in [0.717, 1.165) is 16.8 Å². The molecule has 0 fully saturated rings. The summed E-state index contributed by atoms with van der Waals surface area (Å²) >= 11 is 0. The Bertz CT molecular complexity index is 1040. The summed E-state index contributed by atoms with van der Waals surface area (Å²) in [5.74, 6) is 1.46. The minimum Gasteiger partial charge on any atom is -0.493 e. The maximum absolute atomic E-state index is 12.4. The van der Waals surface area contributed by atoms with Crippen LogP contribution in [-0.2, 0) is 13.0 Å². The second kappa shape index (κ2) is 10.1. The lowest BCUT2D eigenvalue weighted by molar-refractivity contribution is 0.0953. The molecule has 3 rings (SSSR count). The Balaban J connectivity index is 1.48. The van der Waals surface area contributed by atoms with Gasteiger partial charge >= 0.3 is 0 Å². The molecule has 0 aliphatic heterocycles. The fourth-order valence-corrected chi connectivity index (χ4v) is 2.96. The van der Waals surface area contributed by atoms with Crippen molar-refractivity contribution in [1.82, 2.24) is 15.3 Å². The van der Waals surface area contributed by atoms with E-state index in [1.54, 1.807) is 31.5 Å². The average Bonchev–Trinajstić information content (AvgIpc) is 2.78. The maximum atomic E-state index is 12.4. The normalized spacial score (nSPS) is 10.4.